The number of nitrogens with zero attached hydrogens (tertiary/aromatic N) is 2. The smallest absolute Gasteiger partial charge is 0.410 e. The summed E-state index contributed by atoms with van der Waals surface area (Å²) in [4.78, 5) is 35.0. The molecule has 1 aromatic carbocycles. The molecule has 9 nitrogen and oxygen atoms in total. The van der Waals surface area contributed by atoms with E-state index in [-0.39, 0.29) is 25.2 Å². The summed E-state index contributed by atoms with van der Waals surface area (Å²) in [6.07, 6.45) is -0.842. The van der Waals surface area contributed by atoms with E-state index in [0.717, 1.165) is 0 Å². The van der Waals surface area contributed by atoms with Crippen LogP contribution in [0.4, 0.5) is 10.5 Å². The molecule has 1 amide bonds. The second kappa shape index (κ2) is 6.81. The highest BCUT2D eigenvalue weighted by molar-refractivity contribution is 5.72. The highest BCUT2D eigenvalue weighted by Crippen LogP contribution is 2.34. The maximum absolute atomic E-state index is 12.1. The zero-order valence-electron chi connectivity index (χ0n) is 15.1. The number of amides is 1. The maximum Gasteiger partial charge on any atom is 0.410 e. The largest absolute Gasteiger partial charge is 0.483 e. The molecule has 1 aliphatic heterocycles. The Labute approximate surface area is 150 Å². The number of rotatable bonds is 5. The number of hydrogen-bond acceptors (Lipinski definition) is 6. The highest BCUT2D eigenvalue weighted by atomic mass is 16.6. The topological polar surface area (TPSA) is 119 Å². The van der Waals surface area contributed by atoms with E-state index >= 15 is 0 Å². The van der Waals surface area contributed by atoms with Crippen LogP contribution >= 0.6 is 0 Å². The van der Waals surface area contributed by atoms with Gasteiger partial charge in [0.15, 0.2) is 5.60 Å². The number of hydrogen-bond donors (Lipinski definition) is 1. The molecule has 26 heavy (non-hydrogen) atoms. The number of benzene rings is 1. The first-order chi connectivity index (χ1) is 11.9. The van der Waals surface area contributed by atoms with Gasteiger partial charge in [-0.05, 0) is 39.3 Å². The van der Waals surface area contributed by atoms with Crippen molar-refractivity contribution >= 4 is 17.7 Å². The SMILES string of the molecule is Cc1cc([N+](=O)[O-])ccc1OC1(CC(=O)O)CN(C(=O)OC(C)(C)C)C1. The van der Waals surface area contributed by atoms with Crippen molar-refractivity contribution in [3.63, 3.8) is 0 Å². The van der Waals surface area contributed by atoms with E-state index < -0.39 is 28.2 Å². The van der Waals surface area contributed by atoms with Crippen molar-refractivity contribution in [1.82, 2.24) is 4.90 Å². The number of carboxylic acid groups (broad SMARTS) is 1. The molecule has 1 aliphatic rings. The Bertz CT molecular complexity index is 733. The minimum absolute atomic E-state index is 0.0602. The number of aryl methyl sites for hydroxylation is 1. The normalized spacial score (nSPS) is 15.8. The molecule has 0 aromatic heterocycles. The molecule has 0 unspecified atom stereocenters. The molecule has 1 heterocycles. The highest BCUT2D eigenvalue weighted by Gasteiger charge is 2.50. The van der Waals surface area contributed by atoms with Crippen LogP contribution in [-0.2, 0) is 9.53 Å². The summed E-state index contributed by atoms with van der Waals surface area (Å²) in [6, 6.07) is 4.09. The van der Waals surface area contributed by atoms with Crippen LogP contribution in [0.1, 0.15) is 32.8 Å². The van der Waals surface area contributed by atoms with Crippen molar-refractivity contribution in [3.05, 3.63) is 33.9 Å². The summed E-state index contributed by atoms with van der Waals surface area (Å²) in [6.45, 7) is 6.99. The molecule has 9 heteroatoms. The van der Waals surface area contributed by atoms with Gasteiger partial charge in [0.05, 0.1) is 24.4 Å². The summed E-state index contributed by atoms with van der Waals surface area (Å²) in [5.74, 6) is -0.714. The number of aliphatic carboxylic acids is 1. The lowest BCUT2D eigenvalue weighted by atomic mass is 9.90. The van der Waals surface area contributed by atoms with E-state index in [0.29, 0.717) is 11.3 Å². The first-order valence-corrected chi connectivity index (χ1v) is 8.05. The Kier molecular flexibility index (Phi) is 5.11. The summed E-state index contributed by atoms with van der Waals surface area (Å²) >= 11 is 0. The minimum Gasteiger partial charge on any atom is -0.483 e. The van der Waals surface area contributed by atoms with Crippen LogP contribution in [0.5, 0.6) is 5.75 Å². The van der Waals surface area contributed by atoms with Crippen molar-refractivity contribution in [1.29, 1.82) is 0 Å². The third kappa shape index (κ3) is 4.62. The van der Waals surface area contributed by atoms with Crippen LogP contribution in [0.25, 0.3) is 0 Å². The molecule has 0 aliphatic carbocycles. The van der Waals surface area contributed by atoms with Gasteiger partial charge in [0.2, 0.25) is 0 Å². The van der Waals surface area contributed by atoms with Gasteiger partial charge < -0.3 is 14.6 Å². The van der Waals surface area contributed by atoms with Crippen LogP contribution in [0.15, 0.2) is 18.2 Å². The fourth-order valence-corrected chi connectivity index (χ4v) is 2.69. The number of non-ortho nitro benzene ring substituents is 1. The van der Waals surface area contributed by atoms with Gasteiger partial charge in [0.1, 0.15) is 11.4 Å². The third-order valence-electron chi connectivity index (χ3n) is 3.78. The lowest BCUT2D eigenvalue weighted by molar-refractivity contribution is -0.384. The monoisotopic (exact) mass is 366 g/mol. The van der Waals surface area contributed by atoms with Gasteiger partial charge in [-0.25, -0.2) is 4.79 Å². The van der Waals surface area contributed by atoms with E-state index in [4.69, 9.17) is 9.47 Å². The third-order valence-corrected chi connectivity index (χ3v) is 3.78. The zero-order chi connectivity index (χ0) is 19.7. The van der Waals surface area contributed by atoms with E-state index in [9.17, 15) is 24.8 Å². The van der Waals surface area contributed by atoms with Gasteiger partial charge in [-0.2, -0.15) is 0 Å². The molecular weight excluding hydrogens is 344 g/mol. The molecule has 1 fully saturated rings. The molecular formula is C17H22N2O7. The fraction of sp³-hybridized carbons (Fsp3) is 0.529. The fourth-order valence-electron chi connectivity index (χ4n) is 2.69. The summed E-state index contributed by atoms with van der Waals surface area (Å²) in [7, 11) is 0. The number of carboxylic acids is 1. The number of nitro benzene ring substituents is 1. The molecule has 1 N–H and O–H groups in total. The van der Waals surface area contributed by atoms with Crippen molar-refractivity contribution in [3.8, 4) is 5.75 Å². The van der Waals surface area contributed by atoms with Crippen molar-refractivity contribution < 1.29 is 29.1 Å². The Balaban J connectivity index is 2.14. The van der Waals surface area contributed by atoms with Crippen LogP contribution < -0.4 is 4.74 Å². The van der Waals surface area contributed by atoms with Crippen LogP contribution in [0.3, 0.4) is 0 Å². The average molecular weight is 366 g/mol. The van der Waals surface area contributed by atoms with Crippen LogP contribution in [0.2, 0.25) is 0 Å². The van der Waals surface area contributed by atoms with E-state index in [2.05, 4.69) is 0 Å². The number of ether oxygens (including phenoxy) is 2. The van der Waals surface area contributed by atoms with Crippen molar-refractivity contribution in [2.24, 2.45) is 0 Å². The first kappa shape index (κ1) is 19.5. The van der Waals surface area contributed by atoms with Gasteiger partial charge in [0.25, 0.3) is 5.69 Å². The van der Waals surface area contributed by atoms with E-state index in [1.54, 1.807) is 27.7 Å². The van der Waals surface area contributed by atoms with Gasteiger partial charge in [-0.1, -0.05) is 0 Å². The van der Waals surface area contributed by atoms with Gasteiger partial charge in [-0.15, -0.1) is 0 Å². The Morgan fingerprint density at radius 3 is 2.42 bits per heavy atom. The van der Waals surface area contributed by atoms with Crippen LogP contribution in [-0.4, -0.2) is 51.3 Å². The molecule has 0 bridgehead atoms. The summed E-state index contributed by atoms with van der Waals surface area (Å²) in [5.41, 5.74) is -1.31. The molecule has 0 atom stereocenters. The van der Waals surface area contributed by atoms with Gasteiger partial charge in [-0.3, -0.25) is 19.8 Å². The van der Waals surface area contributed by atoms with Crippen LogP contribution in [0, 0.1) is 17.0 Å². The summed E-state index contributed by atoms with van der Waals surface area (Å²) < 4.78 is 11.1. The molecule has 2 rings (SSSR count). The standard InChI is InChI=1S/C17H22N2O7/c1-11-7-12(19(23)24)5-6-13(11)25-17(8-14(20)21)9-18(10-17)15(22)26-16(2,3)4/h5-7H,8-10H2,1-4H3,(H,20,21). The molecule has 0 saturated carbocycles. The van der Waals surface area contributed by atoms with Crippen molar-refractivity contribution in [2.75, 3.05) is 13.1 Å². The van der Waals surface area contributed by atoms with E-state index in [1.807, 2.05) is 0 Å². The minimum atomic E-state index is -1.09. The Hall–Kier alpha value is -2.84. The van der Waals surface area contributed by atoms with Gasteiger partial charge >= 0.3 is 12.1 Å². The van der Waals surface area contributed by atoms with E-state index in [1.165, 1.54) is 23.1 Å². The zero-order valence-corrected chi connectivity index (χ0v) is 15.1. The molecule has 142 valence electrons. The second-order valence-electron chi connectivity index (χ2n) is 7.40. The average Bonchev–Trinajstić information content (AvgIpc) is 2.43. The molecule has 0 radical (unpaired) electrons. The Morgan fingerprint density at radius 2 is 1.96 bits per heavy atom. The number of likely N-dealkylation sites (tertiary alicyclic amines) is 1. The first-order valence-electron chi connectivity index (χ1n) is 8.05. The maximum atomic E-state index is 12.1. The molecule has 0 spiro atoms. The number of carbonyl (C=O) groups excluding carboxylic acids is 1. The quantitative estimate of drug-likeness (QED) is 0.628. The van der Waals surface area contributed by atoms with Crippen molar-refractivity contribution in [2.45, 2.75) is 45.3 Å². The summed E-state index contributed by atoms with van der Waals surface area (Å²) in [5, 5.41) is 20.0. The molecule has 1 aromatic rings. The molecule has 1 saturated heterocycles. The predicted molar refractivity (Wildman–Crippen MR) is 91.3 cm³/mol. The second-order valence-corrected chi connectivity index (χ2v) is 7.40. The Morgan fingerprint density at radius 1 is 1.35 bits per heavy atom. The predicted octanol–water partition coefficient (Wildman–Crippen LogP) is 2.75. The lowest BCUT2D eigenvalue weighted by Gasteiger charge is -2.48. The van der Waals surface area contributed by atoms with Gasteiger partial charge in [0, 0.05) is 12.1 Å². The number of carbonyl (C=O) groups is 2. The number of nitro groups is 1. The lowest BCUT2D eigenvalue weighted by Crippen LogP contribution is -2.67.